The SMILES string of the molecule is [2H]C([2H])([2H])Oc1ccc(C(C2(O)CCCCC2)C([2H])([2H])[N+](C([2H])([2H])[2H])(C([2H])([2H])[2H])C([2H])([2H])[2H])cc1.[I-]. The number of ether oxygens (including phenoxy) is 1. The molecule has 22 heavy (non-hydrogen) atoms. The molecule has 1 aromatic carbocycles. The van der Waals surface area contributed by atoms with E-state index in [4.69, 9.17) is 23.9 Å². The van der Waals surface area contributed by atoms with Crippen molar-refractivity contribution in [1.82, 2.24) is 0 Å². The lowest BCUT2D eigenvalue weighted by Crippen LogP contribution is -3.00. The highest BCUT2D eigenvalue weighted by atomic mass is 127. The molecule has 1 saturated carbocycles. The summed E-state index contributed by atoms with van der Waals surface area (Å²) < 4.78 is 113. The summed E-state index contributed by atoms with van der Waals surface area (Å²) in [4.78, 5) is 0. The molecule has 0 amide bonds. The Labute approximate surface area is 171 Å². The van der Waals surface area contributed by atoms with Crippen molar-refractivity contribution in [3.05, 3.63) is 29.8 Å². The quantitative estimate of drug-likeness (QED) is 0.531. The Balaban J connectivity index is 0.00000648. The number of rotatable bonds is 5. The van der Waals surface area contributed by atoms with E-state index in [2.05, 4.69) is 0 Å². The highest BCUT2D eigenvalue weighted by molar-refractivity contribution is 5.31. The zero-order chi connectivity index (χ0) is 27.3. The molecule has 1 aromatic rings. The number of quaternary nitrogens is 1. The summed E-state index contributed by atoms with van der Waals surface area (Å²) in [5.41, 5.74) is -2.06. The van der Waals surface area contributed by atoms with Crippen LogP contribution in [0, 0.1) is 0 Å². The third-order valence-corrected chi connectivity index (χ3v) is 3.91. The van der Waals surface area contributed by atoms with Crippen molar-refractivity contribution in [1.29, 1.82) is 0 Å². The number of halogens is 1. The number of likely N-dealkylation sites (N-methyl/N-ethyl adjacent to an activating group) is 1. The van der Waals surface area contributed by atoms with Gasteiger partial charge in [-0.15, -0.1) is 0 Å². The lowest BCUT2D eigenvalue weighted by atomic mass is 9.72. The van der Waals surface area contributed by atoms with E-state index in [1.165, 1.54) is 12.1 Å². The molecule has 126 valence electrons. The second kappa shape index (κ2) is 7.97. The minimum atomic E-state index is -3.88. The molecule has 3 nitrogen and oxygen atoms in total. The largest absolute Gasteiger partial charge is 1.00 e. The topological polar surface area (TPSA) is 29.5 Å². The van der Waals surface area contributed by atoms with Crippen LogP contribution in [-0.2, 0) is 0 Å². The number of nitrogens with zero attached hydrogens (tertiary/aromatic N) is 1. The van der Waals surface area contributed by atoms with Crippen molar-refractivity contribution < 1.29 is 57.5 Å². The van der Waals surface area contributed by atoms with Gasteiger partial charge in [-0.05, 0) is 30.5 Å². The Kier molecular flexibility index (Phi) is 2.64. The molecule has 0 bridgehead atoms. The van der Waals surface area contributed by atoms with Crippen molar-refractivity contribution in [2.45, 2.75) is 43.6 Å². The first-order valence-corrected chi connectivity index (χ1v) is 6.92. The zero-order valence-electron chi connectivity index (χ0n) is 26.1. The van der Waals surface area contributed by atoms with E-state index < -0.39 is 50.5 Å². The summed E-state index contributed by atoms with van der Waals surface area (Å²) in [6.07, 6.45) is 1.51. The lowest BCUT2D eigenvalue weighted by molar-refractivity contribution is -0.872. The van der Waals surface area contributed by atoms with Gasteiger partial charge in [0, 0.05) is 0 Å². The molecule has 1 aliphatic rings. The van der Waals surface area contributed by atoms with Crippen LogP contribution >= 0.6 is 0 Å². The number of methoxy groups -OCH3 is 1. The molecule has 0 saturated heterocycles. The van der Waals surface area contributed by atoms with Gasteiger partial charge in [-0.3, -0.25) is 0 Å². The van der Waals surface area contributed by atoms with Gasteiger partial charge in [-0.1, -0.05) is 31.4 Å². The maximum Gasteiger partial charge on any atom is 0.118 e. The number of benzene rings is 1. The molecule has 0 aromatic heterocycles. The molecular formula is C18H30INO2. The fourth-order valence-corrected chi connectivity index (χ4v) is 2.88. The van der Waals surface area contributed by atoms with E-state index in [0.717, 1.165) is 12.1 Å². The molecule has 0 aliphatic heterocycles. The molecule has 1 fully saturated rings. The summed E-state index contributed by atoms with van der Waals surface area (Å²) in [5, 5.41) is 11.6. The minimum absolute atomic E-state index is 0. The number of hydrogen-bond donors (Lipinski definition) is 1. The van der Waals surface area contributed by atoms with Gasteiger partial charge >= 0.3 is 0 Å². The smallest absolute Gasteiger partial charge is 0.118 e. The molecule has 1 unspecified atom stereocenters. The summed E-state index contributed by atoms with van der Waals surface area (Å²) >= 11 is 0. The van der Waals surface area contributed by atoms with Crippen molar-refractivity contribution in [3.8, 4) is 5.75 Å². The van der Waals surface area contributed by atoms with Crippen LogP contribution in [0.3, 0.4) is 0 Å². The van der Waals surface area contributed by atoms with E-state index in [1.807, 2.05) is 0 Å². The Hall–Kier alpha value is -0.330. The van der Waals surface area contributed by atoms with Crippen LogP contribution in [0.25, 0.3) is 0 Å². The van der Waals surface area contributed by atoms with Crippen LogP contribution in [-0.4, -0.2) is 49.7 Å². The molecular weight excluding hydrogens is 389 g/mol. The molecule has 0 radical (unpaired) electrons. The Morgan fingerprint density at radius 3 is 2.41 bits per heavy atom. The summed E-state index contributed by atoms with van der Waals surface area (Å²) in [7, 11) is -2.78. The van der Waals surface area contributed by atoms with Crippen molar-refractivity contribution >= 4 is 0 Å². The number of aliphatic hydroxyl groups is 1. The second-order valence-electron chi connectivity index (χ2n) is 5.57. The van der Waals surface area contributed by atoms with Gasteiger partial charge in [-0.2, -0.15) is 0 Å². The first kappa shape index (κ1) is 7.28. The van der Waals surface area contributed by atoms with Gasteiger partial charge in [0.1, 0.15) is 5.75 Å². The summed E-state index contributed by atoms with van der Waals surface area (Å²) in [6, 6.07) is 4.68. The molecule has 4 heteroatoms. The van der Waals surface area contributed by atoms with E-state index in [-0.39, 0.29) is 48.1 Å². The molecule has 2 rings (SSSR count). The third kappa shape index (κ3) is 5.10. The third-order valence-electron chi connectivity index (χ3n) is 3.91. The van der Waals surface area contributed by atoms with Crippen molar-refractivity contribution in [2.24, 2.45) is 0 Å². The minimum Gasteiger partial charge on any atom is -1.00 e. The standard InChI is InChI=1S/C18H30NO2.HI/c1-19(2,3)14-17(18(20)12-6-5-7-13-18)15-8-10-16(21-4)11-9-15;/h8-11,17,20H,5-7,12-14H2,1-4H3;1H/q+1;/p-1/i1D3,2D3,3D3,4D3,14D2;. The lowest BCUT2D eigenvalue weighted by Gasteiger charge is -2.42. The molecule has 0 heterocycles. The van der Waals surface area contributed by atoms with E-state index in [9.17, 15) is 5.11 Å². The van der Waals surface area contributed by atoms with Crippen LogP contribution in [0.1, 0.15) is 62.8 Å². The average molecular weight is 433 g/mol. The predicted molar refractivity (Wildman–Crippen MR) is 86.7 cm³/mol. The highest BCUT2D eigenvalue weighted by Crippen LogP contribution is 2.41. The maximum absolute atomic E-state index is 11.6. The fourth-order valence-electron chi connectivity index (χ4n) is 2.88. The van der Waals surface area contributed by atoms with Crippen molar-refractivity contribution in [2.75, 3.05) is 34.5 Å². The van der Waals surface area contributed by atoms with Gasteiger partial charge in [0.25, 0.3) is 0 Å². The Morgan fingerprint density at radius 2 is 1.86 bits per heavy atom. The summed E-state index contributed by atoms with van der Waals surface area (Å²) in [6.45, 7) is -15.2. The van der Waals surface area contributed by atoms with E-state index >= 15 is 0 Å². The van der Waals surface area contributed by atoms with E-state index in [1.54, 1.807) is 0 Å². The normalized spacial score (nSPS) is 31.5. The predicted octanol–water partition coefficient (Wildman–Crippen LogP) is 0.184. The number of hydrogen-bond acceptors (Lipinski definition) is 2. The van der Waals surface area contributed by atoms with Crippen LogP contribution in [0.5, 0.6) is 5.75 Å². The fraction of sp³-hybridized carbons (Fsp3) is 0.667. The first-order chi connectivity index (χ1) is 15.5. The van der Waals surface area contributed by atoms with Gasteiger partial charge in [0.05, 0.1) is 65.2 Å². The first-order valence-electron chi connectivity index (χ1n) is 13.9. The zero-order valence-corrected chi connectivity index (χ0v) is 14.3. The highest BCUT2D eigenvalue weighted by Gasteiger charge is 2.41. The Morgan fingerprint density at radius 1 is 1.23 bits per heavy atom. The maximum atomic E-state index is 11.6. The van der Waals surface area contributed by atoms with Gasteiger partial charge in [0.2, 0.25) is 0 Å². The van der Waals surface area contributed by atoms with Gasteiger partial charge < -0.3 is 38.3 Å². The van der Waals surface area contributed by atoms with Gasteiger partial charge in [-0.25, -0.2) is 0 Å². The monoisotopic (exact) mass is 433 g/mol. The average Bonchev–Trinajstić information content (AvgIpc) is 2.58. The van der Waals surface area contributed by atoms with E-state index in [0.29, 0.717) is 19.3 Å². The van der Waals surface area contributed by atoms with Crippen molar-refractivity contribution in [3.63, 3.8) is 0 Å². The van der Waals surface area contributed by atoms with Crippen LogP contribution in [0.4, 0.5) is 0 Å². The second-order valence-corrected chi connectivity index (χ2v) is 5.57. The van der Waals surface area contributed by atoms with Crippen LogP contribution in [0.15, 0.2) is 24.3 Å². The molecule has 1 N–H and O–H groups in total. The molecule has 1 aliphatic carbocycles. The Bertz CT molecular complexity index is 834. The molecule has 1 atom stereocenters. The van der Waals surface area contributed by atoms with Crippen LogP contribution in [0.2, 0.25) is 0 Å². The van der Waals surface area contributed by atoms with Crippen LogP contribution < -0.4 is 28.7 Å². The molecule has 0 spiro atoms. The summed E-state index contributed by atoms with van der Waals surface area (Å²) in [5.74, 6) is -2.04. The van der Waals surface area contributed by atoms with Gasteiger partial charge in [0.15, 0.2) is 0 Å².